The van der Waals surface area contributed by atoms with Crippen LogP contribution in [0.15, 0.2) is 30.3 Å². The van der Waals surface area contributed by atoms with Crippen LogP contribution >= 0.6 is 0 Å². The molecule has 0 fully saturated rings. The van der Waals surface area contributed by atoms with E-state index in [1.165, 1.54) is 0 Å². The van der Waals surface area contributed by atoms with Gasteiger partial charge in [0.1, 0.15) is 18.5 Å². The molecule has 2 aromatic carbocycles. The van der Waals surface area contributed by atoms with Gasteiger partial charge in [0.15, 0.2) is 17.2 Å². The van der Waals surface area contributed by atoms with Crippen molar-refractivity contribution in [3.63, 3.8) is 0 Å². The number of carbonyl (C=O) groups is 2. The Hall–Kier alpha value is -3.30. The summed E-state index contributed by atoms with van der Waals surface area (Å²) in [5.41, 5.74) is 2.30. The first-order chi connectivity index (χ1) is 16.8. The first-order valence-corrected chi connectivity index (χ1v) is 11.7. The zero-order valence-electron chi connectivity index (χ0n) is 20.7. The third-order valence-electron chi connectivity index (χ3n) is 5.63. The first kappa shape index (κ1) is 26.3. The van der Waals surface area contributed by atoms with E-state index in [1.807, 2.05) is 18.2 Å². The second-order valence-electron chi connectivity index (χ2n) is 8.65. The number of carbonyl (C=O) groups excluding carboxylic acids is 2. The molecule has 3 N–H and O–H groups in total. The van der Waals surface area contributed by atoms with Crippen molar-refractivity contribution in [3.05, 3.63) is 41.5 Å². The molecule has 9 heteroatoms. The SMILES string of the molecule is COc1ccc(CCNCC(O)COc2ccc(OC(=O)C(C)C)c3c2CCC(=O)N3)cc1OC. The number of hydrogen-bond acceptors (Lipinski definition) is 8. The van der Waals surface area contributed by atoms with E-state index in [-0.39, 0.29) is 24.4 Å². The quantitative estimate of drug-likeness (QED) is 0.238. The van der Waals surface area contributed by atoms with Gasteiger partial charge in [0.25, 0.3) is 0 Å². The maximum absolute atomic E-state index is 12.0. The maximum Gasteiger partial charge on any atom is 0.313 e. The van der Waals surface area contributed by atoms with Crippen LogP contribution in [0.25, 0.3) is 0 Å². The highest BCUT2D eigenvalue weighted by atomic mass is 16.5. The van der Waals surface area contributed by atoms with E-state index in [1.54, 1.807) is 40.2 Å². The molecule has 1 aliphatic rings. The number of aliphatic hydroxyl groups excluding tert-OH is 1. The van der Waals surface area contributed by atoms with Crippen LogP contribution in [0, 0.1) is 5.92 Å². The van der Waals surface area contributed by atoms with Crippen molar-refractivity contribution in [2.24, 2.45) is 5.92 Å². The molecular formula is C26H34N2O7. The summed E-state index contributed by atoms with van der Waals surface area (Å²) in [6.07, 6.45) is 0.805. The highest BCUT2D eigenvalue weighted by Gasteiger charge is 2.25. The zero-order chi connectivity index (χ0) is 25.4. The van der Waals surface area contributed by atoms with E-state index in [0.29, 0.717) is 54.6 Å². The van der Waals surface area contributed by atoms with Crippen LogP contribution in [0.4, 0.5) is 5.69 Å². The molecule has 9 nitrogen and oxygen atoms in total. The van der Waals surface area contributed by atoms with Crippen LogP contribution in [-0.4, -0.2) is 57.0 Å². The molecule has 0 saturated carbocycles. The van der Waals surface area contributed by atoms with Crippen LogP contribution in [0.3, 0.4) is 0 Å². The van der Waals surface area contributed by atoms with Crippen molar-refractivity contribution < 1.29 is 33.6 Å². The Kier molecular flexibility index (Phi) is 9.33. The van der Waals surface area contributed by atoms with Crippen LogP contribution in [0.1, 0.15) is 31.4 Å². The van der Waals surface area contributed by atoms with E-state index in [0.717, 1.165) is 17.5 Å². The smallest absolute Gasteiger partial charge is 0.313 e. The van der Waals surface area contributed by atoms with Gasteiger partial charge in [-0.3, -0.25) is 9.59 Å². The topological polar surface area (TPSA) is 115 Å². The van der Waals surface area contributed by atoms with Crippen molar-refractivity contribution in [2.45, 2.75) is 39.2 Å². The molecule has 3 rings (SSSR count). The summed E-state index contributed by atoms with van der Waals surface area (Å²) in [5, 5.41) is 16.4. The number of anilines is 1. The zero-order valence-corrected chi connectivity index (χ0v) is 20.7. The highest BCUT2D eigenvalue weighted by molar-refractivity contribution is 5.97. The van der Waals surface area contributed by atoms with Gasteiger partial charge in [0.2, 0.25) is 5.91 Å². The predicted octanol–water partition coefficient (Wildman–Crippen LogP) is 2.72. The van der Waals surface area contributed by atoms with Gasteiger partial charge in [0.05, 0.1) is 25.8 Å². The number of amides is 1. The van der Waals surface area contributed by atoms with Crippen molar-refractivity contribution in [1.82, 2.24) is 5.32 Å². The maximum atomic E-state index is 12.0. The molecule has 1 atom stereocenters. The normalized spacial score (nSPS) is 13.6. The number of ether oxygens (including phenoxy) is 4. The van der Waals surface area contributed by atoms with Gasteiger partial charge in [-0.05, 0) is 49.2 Å². The summed E-state index contributed by atoms with van der Waals surface area (Å²) in [7, 11) is 3.21. The minimum absolute atomic E-state index is 0.0782. The van der Waals surface area contributed by atoms with Gasteiger partial charge in [-0.1, -0.05) is 19.9 Å². The summed E-state index contributed by atoms with van der Waals surface area (Å²) in [6.45, 7) is 4.59. The van der Waals surface area contributed by atoms with Gasteiger partial charge < -0.3 is 34.7 Å². The largest absolute Gasteiger partial charge is 0.493 e. The van der Waals surface area contributed by atoms with E-state index < -0.39 is 6.10 Å². The second-order valence-corrected chi connectivity index (χ2v) is 8.65. The minimum Gasteiger partial charge on any atom is -0.493 e. The first-order valence-electron chi connectivity index (χ1n) is 11.7. The van der Waals surface area contributed by atoms with E-state index >= 15 is 0 Å². The lowest BCUT2D eigenvalue weighted by Gasteiger charge is -2.23. The second kappa shape index (κ2) is 12.4. The Labute approximate surface area is 205 Å². The average molecular weight is 487 g/mol. The Balaban J connectivity index is 1.52. The lowest BCUT2D eigenvalue weighted by atomic mass is 10.0. The molecule has 1 heterocycles. The van der Waals surface area contributed by atoms with Gasteiger partial charge in [0, 0.05) is 18.5 Å². The number of benzene rings is 2. The van der Waals surface area contributed by atoms with Crippen molar-refractivity contribution in [1.29, 1.82) is 0 Å². The molecule has 0 bridgehead atoms. The molecule has 35 heavy (non-hydrogen) atoms. The molecule has 0 spiro atoms. The fraction of sp³-hybridized carbons (Fsp3) is 0.462. The fourth-order valence-corrected chi connectivity index (χ4v) is 3.66. The molecule has 2 aromatic rings. The van der Waals surface area contributed by atoms with Crippen LogP contribution < -0.4 is 29.6 Å². The summed E-state index contributed by atoms with van der Waals surface area (Å²) >= 11 is 0. The Morgan fingerprint density at radius 1 is 1.06 bits per heavy atom. The Morgan fingerprint density at radius 3 is 2.49 bits per heavy atom. The monoisotopic (exact) mass is 486 g/mol. The number of nitrogens with one attached hydrogen (secondary N) is 2. The number of methoxy groups -OCH3 is 2. The third-order valence-corrected chi connectivity index (χ3v) is 5.63. The van der Waals surface area contributed by atoms with Crippen molar-refractivity contribution in [2.75, 3.05) is 39.2 Å². The molecule has 190 valence electrons. The van der Waals surface area contributed by atoms with Gasteiger partial charge >= 0.3 is 5.97 Å². The number of aliphatic hydroxyl groups is 1. The number of rotatable bonds is 12. The van der Waals surface area contributed by atoms with Gasteiger partial charge in [-0.2, -0.15) is 0 Å². The van der Waals surface area contributed by atoms with Crippen LogP contribution in [0.2, 0.25) is 0 Å². The van der Waals surface area contributed by atoms with E-state index in [9.17, 15) is 14.7 Å². The van der Waals surface area contributed by atoms with E-state index in [4.69, 9.17) is 18.9 Å². The molecule has 0 aromatic heterocycles. The summed E-state index contributed by atoms with van der Waals surface area (Å²) in [5.74, 6) is 1.40. The lowest BCUT2D eigenvalue weighted by Crippen LogP contribution is -2.32. The fourth-order valence-electron chi connectivity index (χ4n) is 3.66. The standard InChI is InChI=1S/C26H34N2O7/c1-16(2)26(31)35-22-9-8-20(19-6-10-24(30)28-25(19)22)34-15-18(29)14-27-12-11-17-5-7-21(32-3)23(13-17)33-4/h5,7-9,13,16,18,27,29H,6,10-12,14-15H2,1-4H3,(H,28,30). The lowest BCUT2D eigenvalue weighted by molar-refractivity contribution is -0.137. The molecule has 0 saturated heterocycles. The minimum atomic E-state index is -0.729. The van der Waals surface area contributed by atoms with Gasteiger partial charge in [-0.15, -0.1) is 0 Å². The highest BCUT2D eigenvalue weighted by Crippen LogP contribution is 2.39. The molecule has 0 aliphatic carbocycles. The van der Waals surface area contributed by atoms with Crippen molar-refractivity contribution in [3.8, 4) is 23.0 Å². The number of hydrogen-bond donors (Lipinski definition) is 3. The summed E-state index contributed by atoms with van der Waals surface area (Å²) in [4.78, 5) is 24.0. The molecule has 0 radical (unpaired) electrons. The van der Waals surface area contributed by atoms with Gasteiger partial charge in [-0.25, -0.2) is 0 Å². The van der Waals surface area contributed by atoms with Crippen molar-refractivity contribution >= 4 is 17.6 Å². The number of fused-ring (bicyclic) bond motifs is 1. The van der Waals surface area contributed by atoms with E-state index in [2.05, 4.69) is 10.6 Å². The average Bonchev–Trinajstić information content (AvgIpc) is 2.85. The van der Waals surface area contributed by atoms with Crippen LogP contribution in [0.5, 0.6) is 23.0 Å². The molecule has 1 aliphatic heterocycles. The predicted molar refractivity (Wildman–Crippen MR) is 131 cm³/mol. The Bertz CT molecular complexity index is 1040. The van der Waals surface area contributed by atoms with Crippen LogP contribution in [-0.2, 0) is 22.4 Å². The molecule has 1 amide bonds. The molecule has 1 unspecified atom stereocenters. The summed E-state index contributed by atoms with van der Waals surface area (Å²) < 4.78 is 21.9. The number of esters is 1. The third kappa shape index (κ3) is 7.10. The summed E-state index contributed by atoms with van der Waals surface area (Å²) in [6, 6.07) is 9.09. The molecular weight excluding hydrogens is 452 g/mol. The Morgan fingerprint density at radius 2 is 1.77 bits per heavy atom.